The Morgan fingerprint density at radius 2 is 2.46 bits per heavy atom. The molecule has 0 radical (unpaired) electrons. The summed E-state index contributed by atoms with van der Waals surface area (Å²) in [7, 11) is 0. The number of rotatable bonds is 4. The Hall–Kier alpha value is -0.610. The zero-order chi connectivity index (χ0) is 9.68. The molecule has 1 atom stereocenters. The van der Waals surface area contributed by atoms with Crippen LogP contribution >= 0.6 is 0 Å². The van der Waals surface area contributed by atoms with Crippen molar-refractivity contribution >= 4 is 5.97 Å². The van der Waals surface area contributed by atoms with Crippen molar-refractivity contribution in [2.45, 2.75) is 25.8 Å². The summed E-state index contributed by atoms with van der Waals surface area (Å²) in [5, 5.41) is 8.47. The number of carbonyl (C=O) groups is 1. The fraction of sp³-hybridized carbons (Fsp3) is 0.889. The van der Waals surface area contributed by atoms with E-state index in [1.807, 2.05) is 0 Å². The maximum absolute atomic E-state index is 10.3. The molecule has 4 nitrogen and oxygen atoms in total. The summed E-state index contributed by atoms with van der Waals surface area (Å²) >= 11 is 0. The monoisotopic (exact) mass is 187 g/mol. The largest absolute Gasteiger partial charge is 0.481 e. The third kappa shape index (κ3) is 3.74. The SMILES string of the molecule is CC1COCCN1CCCC(=O)O. The molecule has 0 aromatic rings. The van der Waals surface area contributed by atoms with E-state index < -0.39 is 5.97 Å². The van der Waals surface area contributed by atoms with E-state index in [1.54, 1.807) is 0 Å². The lowest BCUT2D eigenvalue weighted by atomic mass is 10.2. The van der Waals surface area contributed by atoms with Crippen LogP contribution < -0.4 is 0 Å². The van der Waals surface area contributed by atoms with Crippen LogP contribution in [0.4, 0.5) is 0 Å². The summed E-state index contributed by atoms with van der Waals surface area (Å²) in [5.41, 5.74) is 0. The third-order valence-electron chi connectivity index (χ3n) is 2.34. The number of carboxylic acid groups (broad SMARTS) is 1. The molecule has 76 valence electrons. The molecule has 13 heavy (non-hydrogen) atoms. The Morgan fingerprint density at radius 1 is 1.69 bits per heavy atom. The van der Waals surface area contributed by atoms with Crippen molar-refractivity contribution < 1.29 is 14.6 Å². The molecular weight excluding hydrogens is 170 g/mol. The molecule has 0 aromatic carbocycles. The van der Waals surface area contributed by atoms with Crippen molar-refractivity contribution in [2.75, 3.05) is 26.3 Å². The van der Waals surface area contributed by atoms with E-state index in [1.165, 1.54) is 0 Å². The lowest BCUT2D eigenvalue weighted by molar-refractivity contribution is -0.137. The molecule has 0 bridgehead atoms. The van der Waals surface area contributed by atoms with Gasteiger partial charge < -0.3 is 9.84 Å². The number of morpholine rings is 1. The molecule has 1 saturated heterocycles. The van der Waals surface area contributed by atoms with Gasteiger partial charge in [0.25, 0.3) is 0 Å². The van der Waals surface area contributed by atoms with E-state index in [2.05, 4.69) is 11.8 Å². The van der Waals surface area contributed by atoms with Crippen LogP contribution in [-0.2, 0) is 9.53 Å². The minimum absolute atomic E-state index is 0.268. The summed E-state index contributed by atoms with van der Waals surface area (Å²) in [6.45, 7) is 5.46. The summed E-state index contributed by atoms with van der Waals surface area (Å²) in [6.07, 6.45) is 1.00. The molecule has 1 heterocycles. The summed E-state index contributed by atoms with van der Waals surface area (Å²) in [4.78, 5) is 12.6. The first-order chi connectivity index (χ1) is 6.20. The van der Waals surface area contributed by atoms with Crippen LogP contribution in [0.1, 0.15) is 19.8 Å². The summed E-state index contributed by atoms with van der Waals surface area (Å²) < 4.78 is 5.28. The van der Waals surface area contributed by atoms with Crippen molar-refractivity contribution in [3.05, 3.63) is 0 Å². The van der Waals surface area contributed by atoms with Gasteiger partial charge in [0.05, 0.1) is 13.2 Å². The van der Waals surface area contributed by atoms with E-state index in [0.29, 0.717) is 6.04 Å². The van der Waals surface area contributed by atoms with Gasteiger partial charge in [-0.3, -0.25) is 9.69 Å². The predicted molar refractivity (Wildman–Crippen MR) is 48.7 cm³/mol. The first-order valence-corrected chi connectivity index (χ1v) is 4.73. The Kier molecular flexibility index (Phi) is 4.18. The number of nitrogens with zero attached hydrogens (tertiary/aromatic N) is 1. The van der Waals surface area contributed by atoms with Gasteiger partial charge in [0, 0.05) is 19.0 Å². The Balaban J connectivity index is 2.15. The minimum atomic E-state index is -0.707. The van der Waals surface area contributed by atoms with Gasteiger partial charge in [0.2, 0.25) is 0 Å². The van der Waals surface area contributed by atoms with Crippen LogP contribution in [-0.4, -0.2) is 48.3 Å². The van der Waals surface area contributed by atoms with Gasteiger partial charge in [0.15, 0.2) is 0 Å². The van der Waals surface area contributed by atoms with Gasteiger partial charge in [-0.05, 0) is 19.9 Å². The smallest absolute Gasteiger partial charge is 0.303 e. The first-order valence-electron chi connectivity index (χ1n) is 4.73. The van der Waals surface area contributed by atoms with Crippen LogP contribution in [0.3, 0.4) is 0 Å². The molecule has 0 aromatic heterocycles. The number of hydrogen-bond donors (Lipinski definition) is 1. The highest BCUT2D eigenvalue weighted by Crippen LogP contribution is 2.07. The average molecular weight is 187 g/mol. The summed E-state index contributed by atoms with van der Waals surface area (Å²) in [5.74, 6) is -0.707. The molecule has 0 amide bonds. The normalized spacial score (nSPS) is 24.5. The van der Waals surface area contributed by atoms with Gasteiger partial charge in [-0.1, -0.05) is 0 Å². The molecule has 1 aliphatic rings. The van der Waals surface area contributed by atoms with Gasteiger partial charge in [-0.15, -0.1) is 0 Å². The highest BCUT2D eigenvalue weighted by atomic mass is 16.5. The lowest BCUT2D eigenvalue weighted by Gasteiger charge is -2.32. The molecule has 1 fully saturated rings. The van der Waals surface area contributed by atoms with Gasteiger partial charge in [-0.25, -0.2) is 0 Å². The Bertz CT molecular complexity index is 172. The van der Waals surface area contributed by atoms with Crippen molar-refractivity contribution in [2.24, 2.45) is 0 Å². The van der Waals surface area contributed by atoms with Crippen molar-refractivity contribution in [3.63, 3.8) is 0 Å². The molecule has 1 N–H and O–H groups in total. The fourth-order valence-corrected chi connectivity index (χ4v) is 1.53. The maximum atomic E-state index is 10.3. The van der Waals surface area contributed by atoms with Crippen LogP contribution in [0, 0.1) is 0 Å². The van der Waals surface area contributed by atoms with Crippen LogP contribution in [0.15, 0.2) is 0 Å². The van der Waals surface area contributed by atoms with Crippen molar-refractivity contribution in [3.8, 4) is 0 Å². The van der Waals surface area contributed by atoms with Gasteiger partial charge in [-0.2, -0.15) is 0 Å². The number of hydrogen-bond acceptors (Lipinski definition) is 3. The molecular formula is C9H17NO3. The number of ether oxygens (including phenoxy) is 1. The lowest BCUT2D eigenvalue weighted by Crippen LogP contribution is -2.44. The third-order valence-corrected chi connectivity index (χ3v) is 2.34. The quantitative estimate of drug-likeness (QED) is 0.699. The van der Waals surface area contributed by atoms with E-state index >= 15 is 0 Å². The second-order valence-electron chi connectivity index (χ2n) is 3.46. The molecule has 0 spiro atoms. The van der Waals surface area contributed by atoms with Gasteiger partial charge >= 0.3 is 5.97 Å². The van der Waals surface area contributed by atoms with E-state index in [0.717, 1.165) is 32.7 Å². The molecule has 0 saturated carbocycles. The van der Waals surface area contributed by atoms with Crippen LogP contribution in [0.5, 0.6) is 0 Å². The first kappa shape index (κ1) is 10.5. The molecule has 4 heteroatoms. The second-order valence-corrected chi connectivity index (χ2v) is 3.46. The molecule has 1 aliphatic heterocycles. The molecule has 1 rings (SSSR count). The zero-order valence-corrected chi connectivity index (χ0v) is 8.03. The topological polar surface area (TPSA) is 49.8 Å². The highest BCUT2D eigenvalue weighted by Gasteiger charge is 2.17. The standard InChI is InChI=1S/C9H17NO3/c1-8-7-13-6-5-10(8)4-2-3-9(11)12/h8H,2-7H2,1H3,(H,11,12). The van der Waals surface area contributed by atoms with E-state index in [-0.39, 0.29) is 6.42 Å². The maximum Gasteiger partial charge on any atom is 0.303 e. The second kappa shape index (κ2) is 5.19. The average Bonchev–Trinajstić information content (AvgIpc) is 2.08. The predicted octanol–water partition coefficient (Wildman–Crippen LogP) is 0.572. The molecule has 1 unspecified atom stereocenters. The minimum Gasteiger partial charge on any atom is -0.481 e. The fourth-order valence-electron chi connectivity index (χ4n) is 1.53. The van der Waals surface area contributed by atoms with Gasteiger partial charge in [0.1, 0.15) is 0 Å². The van der Waals surface area contributed by atoms with E-state index in [9.17, 15) is 4.79 Å². The zero-order valence-electron chi connectivity index (χ0n) is 8.03. The Morgan fingerprint density at radius 3 is 3.08 bits per heavy atom. The van der Waals surface area contributed by atoms with Crippen LogP contribution in [0.25, 0.3) is 0 Å². The van der Waals surface area contributed by atoms with E-state index in [4.69, 9.17) is 9.84 Å². The highest BCUT2D eigenvalue weighted by molar-refractivity contribution is 5.66. The van der Waals surface area contributed by atoms with Crippen molar-refractivity contribution in [1.82, 2.24) is 4.90 Å². The number of carboxylic acids is 1. The number of aliphatic carboxylic acids is 1. The molecule has 0 aliphatic carbocycles. The summed E-state index contributed by atoms with van der Waals surface area (Å²) in [6, 6.07) is 0.433. The Labute approximate surface area is 78.5 Å². The van der Waals surface area contributed by atoms with Crippen molar-refractivity contribution in [1.29, 1.82) is 0 Å². The van der Waals surface area contributed by atoms with Crippen LogP contribution in [0.2, 0.25) is 0 Å².